The van der Waals surface area contributed by atoms with E-state index in [4.69, 9.17) is 15.0 Å². The van der Waals surface area contributed by atoms with Gasteiger partial charge >= 0.3 is 0 Å². The maximum atomic E-state index is 4.99. The number of imidazole rings is 2. The zero-order valence-electron chi connectivity index (χ0n) is 20.2. The average Bonchev–Trinajstić information content (AvgIpc) is 3.68. The minimum Gasteiger partial charge on any atom is -0.323 e. The number of nitrogens with zero attached hydrogens (tertiary/aromatic N) is 6. The quantitative estimate of drug-likeness (QED) is 0.217. The largest absolute Gasteiger partial charge is 0.323 e. The molecule has 0 saturated heterocycles. The highest BCUT2D eigenvalue weighted by Gasteiger charge is 2.16. The number of unbranched alkanes of at least 4 members (excludes halogenated alkanes) is 1. The fourth-order valence-corrected chi connectivity index (χ4v) is 5.58. The minimum absolute atomic E-state index is 0.864. The number of para-hydroxylation sites is 5. The van der Waals surface area contributed by atoms with Gasteiger partial charge in [0.05, 0.1) is 33.1 Å². The highest BCUT2D eigenvalue weighted by molar-refractivity contribution is 7.07. The van der Waals surface area contributed by atoms with Crippen LogP contribution >= 0.6 is 11.3 Å². The molecule has 0 N–H and O–H groups in total. The number of hydrogen-bond acceptors (Lipinski definition) is 5. The van der Waals surface area contributed by atoms with Gasteiger partial charge in [0.2, 0.25) is 0 Å². The van der Waals surface area contributed by atoms with Crippen molar-refractivity contribution in [3.8, 4) is 23.0 Å². The Morgan fingerprint density at radius 2 is 1.16 bits per heavy atom. The molecule has 0 unspecified atom stereocenters. The lowest BCUT2D eigenvalue weighted by atomic mass is 10.2. The summed E-state index contributed by atoms with van der Waals surface area (Å²) in [7, 11) is 0. The van der Waals surface area contributed by atoms with Crippen LogP contribution < -0.4 is 0 Å². The van der Waals surface area contributed by atoms with Gasteiger partial charge < -0.3 is 9.13 Å². The molecule has 0 saturated carbocycles. The maximum absolute atomic E-state index is 4.99. The highest BCUT2D eigenvalue weighted by Crippen LogP contribution is 2.28. The van der Waals surface area contributed by atoms with Crippen molar-refractivity contribution in [1.29, 1.82) is 0 Å². The van der Waals surface area contributed by atoms with Crippen molar-refractivity contribution >= 4 is 44.3 Å². The molecule has 7 aromatic rings. The first-order valence-corrected chi connectivity index (χ1v) is 13.4. The first-order chi connectivity index (χ1) is 18.3. The molecule has 3 aromatic carbocycles. The van der Waals surface area contributed by atoms with Gasteiger partial charge in [0.15, 0.2) is 11.6 Å². The Morgan fingerprint density at radius 3 is 1.81 bits per heavy atom. The van der Waals surface area contributed by atoms with Crippen LogP contribution in [-0.2, 0) is 13.1 Å². The van der Waals surface area contributed by atoms with E-state index in [0.29, 0.717) is 0 Å². The Labute approximate surface area is 217 Å². The van der Waals surface area contributed by atoms with E-state index < -0.39 is 0 Å². The number of pyridine rings is 1. The Kier molecular flexibility index (Phi) is 5.48. The lowest BCUT2D eigenvalue weighted by Gasteiger charge is -2.11. The lowest BCUT2D eigenvalue weighted by molar-refractivity contribution is 0.570. The van der Waals surface area contributed by atoms with E-state index in [0.717, 1.165) is 81.9 Å². The van der Waals surface area contributed by atoms with Gasteiger partial charge in [-0.3, -0.25) is 0 Å². The summed E-state index contributed by atoms with van der Waals surface area (Å²) in [5.74, 6) is 1.86. The van der Waals surface area contributed by atoms with Crippen LogP contribution in [0, 0.1) is 0 Å². The third-order valence-electron chi connectivity index (χ3n) is 6.81. The molecule has 0 amide bonds. The normalized spacial score (nSPS) is 11.7. The van der Waals surface area contributed by atoms with Crippen LogP contribution in [0.5, 0.6) is 0 Å². The minimum atomic E-state index is 0.864. The Morgan fingerprint density at radius 1 is 0.568 bits per heavy atom. The molecule has 0 atom stereocenters. The third kappa shape index (κ3) is 3.97. The molecule has 0 fully saturated rings. The average molecular weight is 501 g/mol. The topological polar surface area (TPSA) is 61.4 Å². The van der Waals surface area contributed by atoms with Crippen LogP contribution in [0.3, 0.4) is 0 Å². The van der Waals surface area contributed by atoms with E-state index in [1.807, 2.05) is 29.8 Å². The van der Waals surface area contributed by atoms with Gasteiger partial charge in [0, 0.05) is 23.9 Å². The van der Waals surface area contributed by atoms with Gasteiger partial charge in [0.1, 0.15) is 11.4 Å². The zero-order chi connectivity index (χ0) is 24.6. The molecule has 4 heterocycles. The van der Waals surface area contributed by atoms with E-state index in [9.17, 15) is 0 Å². The molecule has 0 aliphatic heterocycles. The van der Waals surface area contributed by atoms with E-state index >= 15 is 0 Å². The smallest absolute Gasteiger partial charge is 0.160 e. The summed E-state index contributed by atoms with van der Waals surface area (Å²) in [6, 6.07) is 29.1. The van der Waals surface area contributed by atoms with Crippen molar-refractivity contribution in [2.75, 3.05) is 0 Å². The molecule has 0 spiro atoms. The number of aryl methyl sites for hydroxylation is 2. The van der Waals surface area contributed by atoms with Crippen LogP contribution in [0.2, 0.25) is 0 Å². The Hall–Kier alpha value is -4.36. The molecule has 37 heavy (non-hydrogen) atoms. The lowest BCUT2D eigenvalue weighted by Crippen LogP contribution is -2.05. The molecule has 0 aliphatic rings. The second kappa shape index (κ2) is 9.26. The fourth-order valence-electron chi connectivity index (χ4n) is 5.05. The second-order valence-corrected chi connectivity index (χ2v) is 9.84. The molecule has 7 heteroatoms. The summed E-state index contributed by atoms with van der Waals surface area (Å²) in [4.78, 5) is 19.3. The van der Waals surface area contributed by atoms with Crippen molar-refractivity contribution in [3.05, 3.63) is 95.8 Å². The summed E-state index contributed by atoms with van der Waals surface area (Å²) < 4.78 is 4.63. The van der Waals surface area contributed by atoms with Crippen LogP contribution in [0.25, 0.3) is 56.0 Å². The van der Waals surface area contributed by atoms with Gasteiger partial charge in [0.25, 0.3) is 0 Å². The van der Waals surface area contributed by atoms with Gasteiger partial charge in [-0.25, -0.2) is 19.9 Å². The van der Waals surface area contributed by atoms with E-state index in [1.54, 1.807) is 11.3 Å². The molecular formula is C30H24N6S. The molecular weight excluding hydrogens is 476 g/mol. The molecule has 0 radical (unpaired) electrons. The third-order valence-corrected chi connectivity index (χ3v) is 7.40. The van der Waals surface area contributed by atoms with Crippen molar-refractivity contribution in [3.63, 3.8) is 0 Å². The second-order valence-electron chi connectivity index (χ2n) is 9.12. The number of benzene rings is 3. The molecule has 4 aromatic heterocycles. The van der Waals surface area contributed by atoms with Crippen molar-refractivity contribution in [1.82, 2.24) is 29.1 Å². The summed E-state index contributed by atoms with van der Waals surface area (Å²) in [6.07, 6.45) is 2.01. The van der Waals surface area contributed by atoms with Gasteiger partial charge in [-0.2, -0.15) is 0 Å². The highest BCUT2D eigenvalue weighted by atomic mass is 32.1. The van der Waals surface area contributed by atoms with Gasteiger partial charge in [-0.15, -0.1) is 11.3 Å². The standard InChI is InChI=1S/C30H24N6S/c1-2-10-22-21(9-1)15-16-25(32-22)29-33-23-11-3-5-13-27(23)35(29)17-7-8-18-36-28-14-6-4-12-24(28)34-30(36)26-19-37-20-31-26/h1-6,9-16,19-20H,7-8,17-18H2. The summed E-state index contributed by atoms with van der Waals surface area (Å²) in [5.41, 5.74) is 9.00. The van der Waals surface area contributed by atoms with E-state index in [1.165, 1.54) is 0 Å². The fraction of sp³-hybridized carbons (Fsp3) is 0.133. The first-order valence-electron chi connectivity index (χ1n) is 12.5. The number of fused-ring (bicyclic) bond motifs is 3. The van der Waals surface area contributed by atoms with Gasteiger partial charge in [-0.1, -0.05) is 48.5 Å². The number of hydrogen-bond donors (Lipinski definition) is 0. The van der Waals surface area contributed by atoms with Crippen molar-refractivity contribution < 1.29 is 0 Å². The molecule has 180 valence electrons. The predicted octanol–water partition coefficient (Wildman–Crippen LogP) is 7.21. The summed E-state index contributed by atoms with van der Waals surface area (Å²) in [6.45, 7) is 1.74. The number of aromatic nitrogens is 6. The monoisotopic (exact) mass is 500 g/mol. The van der Waals surface area contributed by atoms with Crippen LogP contribution in [-0.4, -0.2) is 29.1 Å². The first kappa shape index (κ1) is 21.9. The zero-order valence-corrected chi connectivity index (χ0v) is 21.0. The molecule has 7 rings (SSSR count). The number of thiazole rings is 1. The SMILES string of the molecule is c1ccc2nc(-c3nc4ccccc4n3CCCCn3c(-c4cscn4)nc4ccccc43)ccc2c1. The maximum Gasteiger partial charge on any atom is 0.160 e. The summed E-state index contributed by atoms with van der Waals surface area (Å²) in [5, 5.41) is 3.20. The molecule has 6 nitrogen and oxygen atoms in total. The Balaban J connectivity index is 1.18. The van der Waals surface area contributed by atoms with E-state index in [2.05, 4.69) is 80.2 Å². The Bertz CT molecular complexity index is 1850. The van der Waals surface area contributed by atoms with Crippen LogP contribution in [0.1, 0.15) is 12.8 Å². The van der Waals surface area contributed by atoms with Gasteiger partial charge in [-0.05, 0) is 49.2 Å². The number of rotatable bonds is 7. The van der Waals surface area contributed by atoms with Crippen molar-refractivity contribution in [2.45, 2.75) is 25.9 Å². The van der Waals surface area contributed by atoms with E-state index in [-0.39, 0.29) is 0 Å². The summed E-state index contributed by atoms with van der Waals surface area (Å²) >= 11 is 1.60. The predicted molar refractivity (Wildman–Crippen MR) is 151 cm³/mol. The van der Waals surface area contributed by atoms with Crippen LogP contribution in [0.4, 0.5) is 0 Å². The molecule has 0 aliphatic carbocycles. The van der Waals surface area contributed by atoms with Crippen LogP contribution in [0.15, 0.2) is 95.8 Å². The van der Waals surface area contributed by atoms with Crippen molar-refractivity contribution in [2.24, 2.45) is 0 Å². The molecule has 0 bridgehead atoms.